The van der Waals surface area contributed by atoms with Crippen LogP contribution in [0.4, 0.5) is 13.2 Å². The van der Waals surface area contributed by atoms with Gasteiger partial charge in [0.2, 0.25) is 0 Å². The van der Waals surface area contributed by atoms with Gasteiger partial charge in [-0.25, -0.2) is 9.97 Å². The molecule has 0 radical (unpaired) electrons. The number of nitrogens with zero attached hydrogens (tertiary/aromatic N) is 2. The zero-order valence-corrected chi connectivity index (χ0v) is 12.1. The number of nitrogens with one attached hydrogen (secondary N) is 1. The molecule has 2 aromatic rings. The van der Waals surface area contributed by atoms with Gasteiger partial charge in [-0.15, -0.1) is 0 Å². The number of thiazole rings is 1. The Balaban J connectivity index is 1.83. The summed E-state index contributed by atoms with van der Waals surface area (Å²) in [4.78, 5) is 23.4. The van der Waals surface area contributed by atoms with Gasteiger partial charge in [-0.05, 0) is 32.6 Å². The second-order valence-electron chi connectivity index (χ2n) is 5.45. The normalized spacial score (nSPS) is 23.6. The predicted octanol–water partition coefficient (Wildman–Crippen LogP) is 3.52. The fraction of sp³-hybridized carbons (Fsp3) is 0.615. The quantitative estimate of drug-likeness (QED) is 0.875. The number of alkyl halides is 3. The lowest BCUT2D eigenvalue weighted by Crippen LogP contribution is -2.27. The van der Waals surface area contributed by atoms with Crippen molar-refractivity contribution in [3.63, 3.8) is 0 Å². The average Bonchev–Trinajstić information content (AvgIpc) is 2.82. The van der Waals surface area contributed by atoms with E-state index in [1.165, 1.54) is 11.3 Å². The van der Waals surface area contributed by atoms with E-state index in [-0.39, 0.29) is 24.3 Å². The fourth-order valence-corrected chi connectivity index (χ4v) is 3.95. The third-order valence-electron chi connectivity index (χ3n) is 3.94. The first-order valence-corrected chi connectivity index (χ1v) is 7.60. The third kappa shape index (κ3) is 2.81. The number of aromatic nitrogens is 3. The van der Waals surface area contributed by atoms with Crippen LogP contribution in [0.1, 0.15) is 42.4 Å². The molecular formula is C13H14F3N3OS. The molecule has 0 aromatic carbocycles. The molecule has 8 heteroatoms. The molecule has 0 amide bonds. The molecule has 114 valence electrons. The summed E-state index contributed by atoms with van der Waals surface area (Å²) in [7, 11) is 0. The highest BCUT2D eigenvalue weighted by Crippen LogP contribution is 2.43. The van der Waals surface area contributed by atoms with Crippen LogP contribution in [0.5, 0.6) is 0 Å². The first kappa shape index (κ1) is 14.5. The monoisotopic (exact) mass is 317 g/mol. The highest BCUT2D eigenvalue weighted by Gasteiger charge is 2.42. The SMILES string of the molecule is Cc1nc2sc(C3CCC(C(F)(F)F)CC3)nc2c(=O)[nH]1. The molecule has 0 saturated heterocycles. The number of fused-ring (bicyclic) bond motifs is 1. The van der Waals surface area contributed by atoms with E-state index in [9.17, 15) is 18.0 Å². The van der Waals surface area contributed by atoms with Crippen LogP contribution in [0, 0.1) is 12.8 Å². The number of hydrogen-bond donors (Lipinski definition) is 1. The van der Waals surface area contributed by atoms with Gasteiger partial charge in [0.25, 0.3) is 5.56 Å². The van der Waals surface area contributed by atoms with E-state index >= 15 is 0 Å². The van der Waals surface area contributed by atoms with Crippen molar-refractivity contribution in [1.82, 2.24) is 15.0 Å². The van der Waals surface area contributed by atoms with Gasteiger partial charge in [-0.3, -0.25) is 4.79 Å². The highest BCUT2D eigenvalue weighted by atomic mass is 32.1. The molecule has 1 aliphatic rings. The van der Waals surface area contributed by atoms with Gasteiger partial charge in [0, 0.05) is 5.92 Å². The lowest BCUT2D eigenvalue weighted by atomic mass is 9.82. The van der Waals surface area contributed by atoms with E-state index in [2.05, 4.69) is 15.0 Å². The van der Waals surface area contributed by atoms with Crippen LogP contribution in [0.2, 0.25) is 0 Å². The first-order valence-electron chi connectivity index (χ1n) is 6.78. The smallest absolute Gasteiger partial charge is 0.309 e. The summed E-state index contributed by atoms with van der Waals surface area (Å²) in [6, 6.07) is 0. The van der Waals surface area contributed by atoms with Gasteiger partial charge in [0.1, 0.15) is 5.82 Å². The molecule has 1 aliphatic carbocycles. The van der Waals surface area contributed by atoms with Crippen LogP contribution in [0.15, 0.2) is 4.79 Å². The van der Waals surface area contributed by atoms with Crippen molar-refractivity contribution >= 4 is 21.7 Å². The van der Waals surface area contributed by atoms with E-state index in [0.717, 1.165) is 5.01 Å². The Labute approximate surface area is 122 Å². The van der Waals surface area contributed by atoms with E-state index in [0.29, 0.717) is 29.0 Å². The molecule has 1 N–H and O–H groups in total. The highest BCUT2D eigenvalue weighted by molar-refractivity contribution is 7.18. The Morgan fingerprint density at radius 3 is 2.48 bits per heavy atom. The molecule has 1 saturated carbocycles. The van der Waals surface area contributed by atoms with Crippen molar-refractivity contribution in [2.24, 2.45) is 5.92 Å². The van der Waals surface area contributed by atoms with Crippen LogP contribution in [-0.4, -0.2) is 21.1 Å². The number of hydrogen-bond acceptors (Lipinski definition) is 4. The van der Waals surface area contributed by atoms with Crippen LogP contribution >= 0.6 is 11.3 Å². The molecule has 0 bridgehead atoms. The van der Waals surface area contributed by atoms with Gasteiger partial charge in [0.05, 0.1) is 10.9 Å². The van der Waals surface area contributed by atoms with Gasteiger partial charge < -0.3 is 4.98 Å². The number of H-pyrrole nitrogens is 1. The zero-order chi connectivity index (χ0) is 15.2. The van der Waals surface area contributed by atoms with Crippen molar-refractivity contribution in [2.45, 2.75) is 44.7 Å². The van der Waals surface area contributed by atoms with Gasteiger partial charge in [-0.2, -0.15) is 13.2 Å². The molecule has 3 rings (SSSR count). The number of aryl methyl sites for hydroxylation is 1. The van der Waals surface area contributed by atoms with Crippen LogP contribution < -0.4 is 5.56 Å². The molecule has 0 spiro atoms. The van der Waals surface area contributed by atoms with Crippen molar-refractivity contribution in [3.8, 4) is 0 Å². The fourth-order valence-electron chi connectivity index (χ4n) is 2.80. The molecule has 0 aliphatic heterocycles. The van der Waals surface area contributed by atoms with E-state index < -0.39 is 12.1 Å². The summed E-state index contributed by atoms with van der Waals surface area (Å²) >= 11 is 1.32. The van der Waals surface area contributed by atoms with Crippen molar-refractivity contribution < 1.29 is 13.2 Å². The van der Waals surface area contributed by atoms with E-state index in [1.807, 2.05) is 0 Å². The Morgan fingerprint density at radius 2 is 1.86 bits per heavy atom. The van der Waals surface area contributed by atoms with E-state index in [1.54, 1.807) is 6.92 Å². The summed E-state index contributed by atoms with van der Waals surface area (Å²) in [6.07, 6.45) is -2.92. The lowest BCUT2D eigenvalue weighted by molar-refractivity contribution is -0.182. The average molecular weight is 317 g/mol. The number of halogens is 3. The Kier molecular flexibility index (Phi) is 3.51. The topological polar surface area (TPSA) is 58.6 Å². The molecule has 0 atom stereocenters. The van der Waals surface area contributed by atoms with Crippen molar-refractivity contribution in [3.05, 3.63) is 21.2 Å². The Hall–Kier alpha value is -1.44. The lowest BCUT2D eigenvalue weighted by Gasteiger charge is -2.28. The minimum Gasteiger partial charge on any atom is -0.309 e. The third-order valence-corrected chi connectivity index (χ3v) is 5.06. The van der Waals surface area contributed by atoms with E-state index in [4.69, 9.17) is 0 Å². The molecule has 0 unspecified atom stereocenters. The second kappa shape index (κ2) is 5.08. The van der Waals surface area contributed by atoms with Gasteiger partial charge in [-0.1, -0.05) is 11.3 Å². The number of rotatable bonds is 1. The summed E-state index contributed by atoms with van der Waals surface area (Å²) in [6.45, 7) is 1.69. The summed E-state index contributed by atoms with van der Waals surface area (Å²) in [5.41, 5.74) is 0.00234. The van der Waals surface area contributed by atoms with Gasteiger partial charge in [0.15, 0.2) is 10.3 Å². The maximum Gasteiger partial charge on any atom is 0.391 e. The molecule has 21 heavy (non-hydrogen) atoms. The first-order chi connectivity index (χ1) is 9.84. The standard InChI is InChI=1S/C13H14F3N3OS/c1-6-17-10(20)9-12(18-6)21-11(19-9)7-2-4-8(5-3-7)13(14,15)16/h7-8H,2-5H2,1H3,(H,17,18,20). The summed E-state index contributed by atoms with van der Waals surface area (Å²) in [5.74, 6) is -0.683. The Morgan fingerprint density at radius 1 is 1.19 bits per heavy atom. The zero-order valence-electron chi connectivity index (χ0n) is 11.3. The van der Waals surface area contributed by atoms with Crippen molar-refractivity contribution in [2.75, 3.05) is 0 Å². The maximum absolute atomic E-state index is 12.7. The molecular weight excluding hydrogens is 303 g/mol. The number of aromatic amines is 1. The van der Waals surface area contributed by atoms with Crippen molar-refractivity contribution in [1.29, 1.82) is 0 Å². The minimum atomic E-state index is -4.10. The largest absolute Gasteiger partial charge is 0.391 e. The molecule has 2 heterocycles. The van der Waals surface area contributed by atoms with Gasteiger partial charge >= 0.3 is 6.18 Å². The summed E-state index contributed by atoms with van der Waals surface area (Å²) < 4.78 is 38.0. The molecule has 1 fully saturated rings. The van der Waals surface area contributed by atoms with Crippen LogP contribution in [0.25, 0.3) is 10.3 Å². The second-order valence-corrected chi connectivity index (χ2v) is 6.46. The minimum absolute atomic E-state index is 0.00232. The molecule has 4 nitrogen and oxygen atoms in total. The predicted molar refractivity (Wildman–Crippen MR) is 73.5 cm³/mol. The molecule has 2 aromatic heterocycles. The maximum atomic E-state index is 12.7. The summed E-state index contributed by atoms with van der Waals surface area (Å²) in [5, 5.41) is 0.731. The van der Waals surface area contributed by atoms with Crippen LogP contribution in [-0.2, 0) is 0 Å². The van der Waals surface area contributed by atoms with Crippen LogP contribution in [0.3, 0.4) is 0 Å². The Bertz CT molecular complexity index is 714.